The largest absolute Gasteiger partial charge is 0.366 e. The Bertz CT molecular complexity index is 847. The second kappa shape index (κ2) is 7.26. The summed E-state index contributed by atoms with van der Waals surface area (Å²) in [7, 11) is 0. The lowest BCUT2D eigenvalue weighted by atomic mass is 10.1. The van der Waals surface area contributed by atoms with Gasteiger partial charge in [0.05, 0.1) is 5.69 Å². The second-order valence-electron chi connectivity index (χ2n) is 6.66. The van der Waals surface area contributed by atoms with Gasteiger partial charge in [-0.1, -0.05) is 12.1 Å². The van der Waals surface area contributed by atoms with Crippen LogP contribution in [0.1, 0.15) is 10.4 Å². The predicted molar refractivity (Wildman–Crippen MR) is 102 cm³/mol. The molecular weight excluding hydrogens is 347 g/mol. The number of nitrogens with one attached hydrogen (secondary N) is 1. The van der Waals surface area contributed by atoms with Crippen molar-refractivity contribution < 1.29 is 14.0 Å². The number of hydrogen-bond donors (Lipinski definition) is 1. The van der Waals surface area contributed by atoms with Crippen LogP contribution in [-0.4, -0.2) is 56.1 Å². The number of urea groups is 1. The number of halogens is 1. The Morgan fingerprint density at radius 2 is 1.63 bits per heavy atom. The fourth-order valence-electron chi connectivity index (χ4n) is 3.54. The first-order chi connectivity index (χ1) is 13.1. The minimum absolute atomic E-state index is 0.0411. The van der Waals surface area contributed by atoms with Crippen molar-refractivity contribution in [2.24, 2.45) is 0 Å². The molecule has 1 N–H and O–H groups in total. The van der Waals surface area contributed by atoms with Crippen LogP contribution in [0.15, 0.2) is 48.5 Å². The molecule has 2 heterocycles. The van der Waals surface area contributed by atoms with Gasteiger partial charge in [0.15, 0.2) is 0 Å². The lowest BCUT2D eigenvalue weighted by Gasteiger charge is -2.36. The SMILES string of the molecule is O=C(c1ccc(N2CCNC2=O)cc1)N1CCN(c2ccccc2F)CC1. The number of rotatable bonds is 3. The van der Waals surface area contributed by atoms with E-state index >= 15 is 0 Å². The molecule has 6 nitrogen and oxygen atoms in total. The van der Waals surface area contributed by atoms with Gasteiger partial charge in [-0.2, -0.15) is 0 Å². The fourth-order valence-corrected chi connectivity index (χ4v) is 3.54. The van der Waals surface area contributed by atoms with Crippen molar-refractivity contribution in [2.45, 2.75) is 0 Å². The van der Waals surface area contributed by atoms with Crippen molar-refractivity contribution in [3.05, 3.63) is 59.9 Å². The predicted octanol–water partition coefficient (Wildman–Crippen LogP) is 2.32. The van der Waals surface area contributed by atoms with Gasteiger partial charge in [0, 0.05) is 50.5 Å². The number of anilines is 2. The Hall–Kier alpha value is -3.09. The van der Waals surface area contributed by atoms with Crippen molar-refractivity contribution in [1.82, 2.24) is 10.2 Å². The van der Waals surface area contributed by atoms with E-state index in [0.29, 0.717) is 50.5 Å². The summed E-state index contributed by atoms with van der Waals surface area (Å²) < 4.78 is 13.9. The smallest absolute Gasteiger partial charge is 0.321 e. The van der Waals surface area contributed by atoms with Crippen molar-refractivity contribution in [2.75, 3.05) is 49.1 Å². The van der Waals surface area contributed by atoms with Gasteiger partial charge in [-0.3, -0.25) is 9.69 Å². The van der Waals surface area contributed by atoms with Crippen LogP contribution in [0, 0.1) is 5.82 Å². The topological polar surface area (TPSA) is 55.9 Å². The zero-order chi connectivity index (χ0) is 18.8. The van der Waals surface area contributed by atoms with Crippen LogP contribution in [0.5, 0.6) is 0 Å². The van der Waals surface area contributed by atoms with Crippen molar-refractivity contribution in [3.63, 3.8) is 0 Å². The first-order valence-electron chi connectivity index (χ1n) is 9.08. The molecule has 0 spiro atoms. The minimum atomic E-state index is -0.237. The third kappa shape index (κ3) is 3.45. The number of benzene rings is 2. The lowest BCUT2D eigenvalue weighted by molar-refractivity contribution is 0.0746. The number of carbonyl (C=O) groups is 2. The van der Waals surface area contributed by atoms with E-state index in [0.717, 1.165) is 5.69 Å². The van der Waals surface area contributed by atoms with Gasteiger partial charge in [0.1, 0.15) is 5.82 Å². The first-order valence-corrected chi connectivity index (χ1v) is 9.08. The molecule has 4 rings (SSSR count). The Kier molecular flexibility index (Phi) is 4.66. The lowest BCUT2D eigenvalue weighted by Crippen LogP contribution is -2.49. The molecule has 0 aromatic heterocycles. The molecule has 0 atom stereocenters. The van der Waals surface area contributed by atoms with E-state index in [9.17, 15) is 14.0 Å². The molecular formula is C20H21FN4O2. The zero-order valence-electron chi connectivity index (χ0n) is 14.9. The van der Waals surface area contributed by atoms with E-state index in [4.69, 9.17) is 0 Å². The molecule has 0 bridgehead atoms. The molecule has 0 unspecified atom stereocenters. The maximum atomic E-state index is 13.9. The Labute approximate surface area is 157 Å². The molecule has 140 valence electrons. The molecule has 0 radical (unpaired) electrons. The van der Waals surface area contributed by atoms with Gasteiger partial charge >= 0.3 is 6.03 Å². The van der Waals surface area contributed by atoms with Gasteiger partial charge in [-0.15, -0.1) is 0 Å². The highest BCUT2D eigenvalue weighted by Gasteiger charge is 2.25. The normalized spacial score (nSPS) is 17.2. The highest BCUT2D eigenvalue weighted by Crippen LogP contribution is 2.22. The van der Waals surface area contributed by atoms with Gasteiger partial charge < -0.3 is 15.1 Å². The van der Waals surface area contributed by atoms with E-state index in [1.165, 1.54) is 6.07 Å². The summed E-state index contributed by atoms with van der Waals surface area (Å²) in [6.45, 7) is 3.54. The Balaban J connectivity index is 1.39. The Morgan fingerprint density at radius 1 is 0.926 bits per heavy atom. The van der Waals surface area contributed by atoms with Gasteiger partial charge in [0.25, 0.3) is 5.91 Å². The molecule has 2 aliphatic heterocycles. The summed E-state index contributed by atoms with van der Waals surface area (Å²) in [6.07, 6.45) is 0. The van der Waals surface area contributed by atoms with Crippen LogP contribution in [0.25, 0.3) is 0 Å². The standard InChI is InChI=1S/C20H21FN4O2/c21-17-3-1-2-4-18(17)23-11-13-24(14-12-23)19(26)15-5-7-16(8-6-15)25-10-9-22-20(25)27/h1-8H,9-14H2,(H,22,27). The number of amides is 3. The molecule has 2 aromatic rings. The summed E-state index contributed by atoms with van der Waals surface area (Å²) in [5.74, 6) is -0.278. The van der Waals surface area contributed by atoms with Crippen LogP contribution in [-0.2, 0) is 0 Å². The second-order valence-corrected chi connectivity index (χ2v) is 6.66. The maximum Gasteiger partial charge on any atom is 0.321 e. The number of carbonyl (C=O) groups excluding carboxylic acids is 2. The van der Waals surface area contributed by atoms with E-state index in [2.05, 4.69) is 5.32 Å². The molecule has 3 amide bonds. The number of piperazine rings is 1. The average Bonchev–Trinajstić information content (AvgIpc) is 3.14. The number of hydrogen-bond acceptors (Lipinski definition) is 3. The summed E-state index contributed by atoms with van der Waals surface area (Å²) in [5, 5.41) is 2.76. The minimum Gasteiger partial charge on any atom is -0.366 e. The monoisotopic (exact) mass is 368 g/mol. The fraction of sp³-hybridized carbons (Fsp3) is 0.300. The first kappa shape index (κ1) is 17.3. The van der Waals surface area contributed by atoms with Gasteiger partial charge in [-0.05, 0) is 36.4 Å². The van der Waals surface area contributed by atoms with Crippen molar-refractivity contribution in [3.8, 4) is 0 Å². The zero-order valence-corrected chi connectivity index (χ0v) is 14.9. The molecule has 7 heteroatoms. The van der Waals surface area contributed by atoms with Gasteiger partial charge in [-0.25, -0.2) is 9.18 Å². The van der Waals surface area contributed by atoms with E-state index in [-0.39, 0.29) is 17.8 Å². The van der Waals surface area contributed by atoms with Crippen LogP contribution >= 0.6 is 0 Å². The van der Waals surface area contributed by atoms with E-state index in [1.54, 1.807) is 46.2 Å². The summed E-state index contributed by atoms with van der Waals surface area (Å²) in [6, 6.07) is 13.7. The molecule has 2 aromatic carbocycles. The quantitative estimate of drug-likeness (QED) is 0.905. The van der Waals surface area contributed by atoms with E-state index < -0.39 is 0 Å². The molecule has 2 fully saturated rings. The maximum absolute atomic E-state index is 13.9. The Morgan fingerprint density at radius 3 is 2.26 bits per heavy atom. The van der Waals surface area contributed by atoms with Gasteiger partial charge in [0.2, 0.25) is 0 Å². The molecule has 2 aliphatic rings. The van der Waals surface area contributed by atoms with Crippen LogP contribution < -0.4 is 15.1 Å². The van der Waals surface area contributed by atoms with E-state index in [1.807, 2.05) is 11.0 Å². The average molecular weight is 368 g/mol. The van der Waals surface area contributed by atoms with Crippen LogP contribution in [0.2, 0.25) is 0 Å². The summed E-state index contributed by atoms with van der Waals surface area (Å²) in [4.78, 5) is 29.9. The summed E-state index contributed by atoms with van der Waals surface area (Å²) >= 11 is 0. The van der Waals surface area contributed by atoms with Crippen LogP contribution in [0.3, 0.4) is 0 Å². The third-order valence-electron chi connectivity index (χ3n) is 5.04. The number of para-hydroxylation sites is 1. The number of nitrogens with zero attached hydrogens (tertiary/aromatic N) is 3. The molecule has 2 saturated heterocycles. The van der Waals surface area contributed by atoms with Crippen LogP contribution in [0.4, 0.5) is 20.6 Å². The molecule has 0 aliphatic carbocycles. The summed E-state index contributed by atoms with van der Waals surface area (Å²) in [5.41, 5.74) is 1.96. The van der Waals surface area contributed by atoms with Crippen molar-refractivity contribution in [1.29, 1.82) is 0 Å². The highest BCUT2D eigenvalue weighted by molar-refractivity contribution is 5.97. The van der Waals surface area contributed by atoms with Crippen molar-refractivity contribution >= 4 is 23.3 Å². The highest BCUT2D eigenvalue weighted by atomic mass is 19.1. The third-order valence-corrected chi connectivity index (χ3v) is 5.04. The molecule has 0 saturated carbocycles. The molecule has 27 heavy (non-hydrogen) atoms.